The molecule has 118 valence electrons. The lowest BCUT2D eigenvalue weighted by molar-refractivity contribution is 0.575. The number of hydrogen-bond donors (Lipinski definition) is 0. The van der Waals surface area contributed by atoms with E-state index in [4.69, 9.17) is 9.40 Å². The van der Waals surface area contributed by atoms with Crippen LogP contribution in [0.25, 0.3) is 48.3 Å². The average molecular weight is 340 g/mol. The fraction of sp³-hybridized carbons (Fsp3) is 0. The van der Waals surface area contributed by atoms with Crippen molar-refractivity contribution in [3.63, 3.8) is 0 Å². The number of benzene rings is 3. The molecular weight excluding hydrogens is 328 g/mol. The highest BCUT2D eigenvalue weighted by Gasteiger charge is 2.19. The van der Waals surface area contributed by atoms with E-state index in [2.05, 4.69) is 53.1 Å². The molecule has 25 heavy (non-hydrogen) atoms. The van der Waals surface area contributed by atoms with Gasteiger partial charge in [0.15, 0.2) is 5.58 Å². The summed E-state index contributed by atoms with van der Waals surface area (Å²) in [5.74, 6) is 0. The smallest absolute Gasteiger partial charge is 0.308 e. The maximum Gasteiger partial charge on any atom is 0.308 e. The molecule has 0 saturated heterocycles. The van der Waals surface area contributed by atoms with Crippen molar-refractivity contribution in [2.75, 3.05) is 0 Å². The van der Waals surface area contributed by atoms with Crippen LogP contribution in [0.2, 0.25) is 0 Å². The maximum atomic E-state index is 6.08. The zero-order valence-electron chi connectivity index (χ0n) is 13.1. The highest BCUT2D eigenvalue weighted by Crippen LogP contribution is 2.42. The summed E-state index contributed by atoms with van der Waals surface area (Å²) in [5.41, 5.74) is 2.81. The molecule has 0 N–H and O–H groups in total. The maximum absolute atomic E-state index is 6.08. The first-order valence-corrected chi connectivity index (χ1v) is 8.98. The van der Waals surface area contributed by atoms with Crippen LogP contribution in [0.5, 0.6) is 0 Å². The number of thiophene rings is 1. The van der Waals surface area contributed by atoms with Crippen LogP contribution in [0, 0.1) is 0 Å². The van der Waals surface area contributed by atoms with Gasteiger partial charge in [0.1, 0.15) is 10.3 Å². The molecular formula is C21H12N2OS. The quantitative estimate of drug-likeness (QED) is 0.360. The van der Waals surface area contributed by atoms with Crippen LogP contribution in [0.4, 0.5) is 0 Å². The molecule has 0 aliphatic carbocycles. The van der Waals surface area contributed by atoms with Crippen LogP contribution < -0.4 is 0 Å². The molecule has 4 heteroatoms. The molecule has 0 bridgehead atoms. The summed E-state index contributed by atoms with van der Waals surface area (Å²) in [6.07, 6.45) is 0. The zero-order valence-corrected chi connectivity index (χ0v) is 14.0. The number of para-hydroxylation sites is 3. The Morgan fingerprint density at radius 3 is 2.48 bits per heavy atom. The monoisotopic (exact) mass is 340 g/mol. The van der Waals surface area contributed by atoms with Crippen LogP contribution in [-0.2, 0) is 0 Å². The van der Waals surface area contributed by atoms with E-state index in [0.717, 1.165) is 16.6 Å². The average Bonchev–Trinajstić information content (AvgIpc) is 3.31. The summed E-state index contributed by atoms with van der Waals surface area (Å²) in [4.78, 5) is 5.90. The first-order chi connectivity index (χ1) is 12.4. The Bertz CT molecular complexity index is 1370. The second kappa shape index (κ2) is 4.71. The van der Waals surface area contributed by atoms with Crippen LogP contribution in [0.3, 0.4) is 0 Å². The first kappa shape index (κ1) is 13.2. The van der Waals surface area contributed by atoms with Crippen LogP contribution in [0.15, 0.2) is 77.2 Å². The van der Waals surface area contributed by atoms with E-state index in [1.54, 1.807) is 11.3 Å². The van der Waals surface area contributed by atoms with Crippen LogP contribution in [-0.4, -0.2) is 9.55 Å². The van der Waals surface area contributed by atoms with Crippen molar-refractivity contribution in [1.82, 2.24) is 9.55 Å². The Labute approximate surface area is 146 Å². The SMILES string of the molecule is c1ccc2oc(-n3c4ccccc4c4c5ccccc5sc43)nc2c1. The molecule has 3 nitrogen and oxygen atoms in total. The molecule has 0 saturated carbocycles. The minimum absolute atomic E-state index is 0.624. The second-order valence-electron chi connectivity index (χ2n) is 6.10. The van der Waals surface area contributed by atoms with Crippen LogP contribution >= 0.6 is 11.3 Å². The van der Waals surface area contributed by atoms with Gasteiger partial charge >= 0.3 is 6.01 Å². The Morgan fingerprint density at radius 2 is 1.56 bits per heavy atom. The normalized spacial score (nSPS) is 12.0. The number of fused-ring (bicyclic) bond motifs is 6. The summed E-state index contributed by atoms with van der Waals surface area (Å²) in [6, 6.07) is 25.5. The molecule has 0 aliphatic rings. The van der Waals surface area contributed by atoms with Crippen molar-refractivity contribution in [3.05, 3.63) is 72.8 Å². The van der Waals surface area contributed by atoms with Crippen molar-refractivity contribution in [2.45, 2.75) is 0 Å². The fourth-order valence-electron chi connectivity index (χ4n) is 3.59. The van der Waals surface area contributed by atoms with Gasteiger partial charge in [-0.1, -0.05) is 48.5 Å². The minimum atomic E-state index is 0.624. The van der Waals surface area contributed by atoms with Gasteiger partial charge in [-0.15, -0.1) is 11.3 Å². The Hall–Kier alpha value is -3.11. The van der Waals surface area contributed by atoms with Gasteiger partial charge in [0.25, 0.3) is 0 Å². The van der Waals surface area contributed by atoms with Crippen molar-refractivity contribution >= 4 is 53.6 Å². The van der Waals surface area contributed by atoms with E-state index in [1.807, 2.05) is 24.3 Å². The summed E-state index contributed by atoms with van der Waals surface area (Å²) < 4.78 is 9.51. The number of rotatable bonds is 1. The van der Waals surface area contributed by atoms with Crippen molar-refractivity contribution < 1.29 is 4.42 Å². The summed E-state index contributed by atoms with van der Waals surface area (Å²) in [7, 11) is 0. The Morgan fingerprint density at radius 1 is 0.800 bits per heavy atom. The van der Waals surface area contributed by atoms with Gasteiger partial charge in [-0.05, 0) is 24.3 Å². The summed E-state index contributed by atoms with van der Waals surface area (Å²) in [6.45, 7) is 0. The van der Waals surface area contributed by atoms with Gasteiger partial charge in [0, 0.05) is 20.9 Å². The van der Waals surface area contributed by atoms with E-state index in [9.17, 15) is 0 Å². The molecule has 3 aromatic heterocycles. The van der Waals surface area contributed by atoms with Gasteiger partial charge in [0.05, 0.1) is 5.52 Å². The van der Waals surface area contributed by atoms with E-state index in [1.165, 1.54) is 25.7 Å². The predicted molar refractivity (Wildman–Crippen MR) is 104 cm³/mol. The highest BCUT2D eigenvalue weighted by molar-refractivity contribution is 7.25. The molecule has 0 radical (unpaired) electrons. The van der Waals surface area contributed by atoms with E-state index in [-0.39, 0.29) is 0 Å². The number of hydrogen-bond acceptors (Lipinski definition) is 3. The molecule has 0 atom stereocenters. The summed E-state index contributed by atoms with van der Waals surface area (Å²) >= 11 is 1.78. The largest absolute Gasteiger partial charge is 0.423 e. The fourth-order valence-corrected chi connectivity index (χ4v) is 4.81. The molecule has 0 unspecified atom stereocenters. The third-order valence-electron chi connectivity index (χ3n) is 4.67. The molecule has 6 aromatic rings. The van der Waals surface area contributed by atoms with Crippen molar-refractivity contribution in [2.24, 2.45) is 0 Å². The second-order valence-corrected chi connectivity index (χ2v) is 7.13. The van der Waals surface area contributed by atoms with Crippen molar-refractivity contribution in [1.29, 1.82) is 0 Å². The zero-order chi connectivity index (χ0) is 16.4. The Kier molecular flexibility index (Phi) is 2.49. The molecule has 6 rings (SSSR count). The standard InChI is InChI=1S/C21H12N2OS/c1-4-10-16-13(7-1)19-14-8-2-6-12-18(14)25-20(19)23(16)21-22-15-9-3-5-11-17(15)24-21/h1-12H. The van der Waals surface area contributed by atoms with E-state index >= 15 is 0 Å². The third kappa shape index (κ3) is 1.72. The lowest BCUT2D eigenvalue weighted by Crippen LogP contribution is -1.91. The number of nitrogens with zero attached hydrogens (tertiary/aromatic N) is 2. The van der Waals surface area contributed by atoms with Gasteiger partial charge in [0.2, 0.25) is 0 Å². The Balaban J connectivity index is 1.83. The van der Waals surface area contributed by atoms with Crippen LogP contribution in [0.1, 0.15) is 0 Å². The third-order valence-corrected chi connectivity index (χ3v) is 5.82. The van der Waals surface area contributed by atoms with Gasteiger partial charge in [-0.2, -0.15) is 4.98 Å². The van der Waals surface area contributed by atoms with Gasteiger partial charge < -0.3 is 4.42 Å². The van der Waals surface area contributed by atoms with Crippen molar-refractivity contribution in [3.8, 4) is 6.01 Å². The first-order valence-electron chi connectivity index (χ1n) is 8.17. The highest BCUT2D eigenvalue weighted by atomic mass is 32.1. The van der Waals surface area contributed by atoms with Gasteiger partial charge in [-0.25, -0.2) is 0 Å². The molecule has 3 aromatic carbocycles. The molecule has 0 fully saturated rings. The molecule has 3 heterocycles. The molecule has 0 aliphatic heterocycles. The van der Waals surface area contributed by atoms with E-state index < -0.39 is 0 Å². The molecule has 0 amide bonds. The lowest BCUT2D eigenvalue weighted by Gasteiger charge is -1.99. The number of aromatic nitrogens is 2. The minimum Gasteiger partial charge on any atom is -0.423 e. The van der Waals surface area contributed by atoms with Gasteiger partial charge in [-0.3, -0.25) is 4.57 Å². The number of oxazole rings is 1. The van der Waals surface area contributed by atoms with E-state index in [0.29, 0.717) is 6.01 Å². The topological polar surface area (TPSA) is 31.0 Å². The summed E-state index contributed by atoms with van der Waals surface area (Å²) in [5, 5.41) is 3.80. The lowest BCUT2D eigenvalue weighted by atomic mass is 10.1. The molecule has 0 spiro atoms. The predicted octanol–water partition coefficient (Wildman–Crippen LogP) is 6.14.